The van der Waals surface area contributed by atoms with Gasteiger partial charge in [0.1, 0.15) is 5.75 Å². The molecule has 0 aliphatic carbocycles. The van der Waals surface area contributed by atoms with Gasteiger partial charge in [-0.25, -0.2) is 0 Å². The molecule has 1 aliphatic heterocycles. The van der Waals surface area contributed by atoms with Gasteiger partial charge in [0.15, 0.2) is 0 Å². The van der Waals surface area contributed by atoms with Crippen LogP contribution in [0.4, 0.5) is 0 Å². The fraction of sp³-hybridized carbons (Fsp3) is 0.714. The summed E-state index contributed by atoms with van der Waals surface area (Å²) in [5.41, 5.74) is 1.57. The van der Waals surface area contributed by atoms with E-state index in [-0.39, 0.29) is 5.41 Å². The Kier molecular flexibility index (Phi) is 6.52. The molecule has 130 valence electrons. The monoisotopic (exact) mass is 317 g/mol. The van der Waals surface area contributed by atoms with Crippen LogP contribution < -0.4 is 4.74 Å². The Morgan fingerprint density at radius 3 is 2.17 bits per heavy atom. The van der Waals surface area contributed by atoms with Gasteiger partial charge in [-0.2, -0.15) is 0 Å². The fourth-order valence-electron chi connectivity index (χ4n) is 3.65. The molecule has 1 heterocycles. The number of ether oxygens (including phenoxy) is 1. The normalized spacial score (nSPS) is 23.0. The first-order valence-corrected chi connectivity index (χ1v) is 9.30. The van der Waals surface area contributed by atoms with E-state index in [4.69, 9.17) is 4.74 Å². The van der Waals surface area contributed by atoms with Crippen molar-refractivity contribution >= 4 is 0 Å². The SMILES string of the molecule is C[C@@H]1C[C@@H](C)CN(CCCCOc2ccc(C(C)(C)C)cc2)C1. The first kappa shape index (κ1) is 18.3. The number of nitrogens with zero attached hydrogens (tertiary/aromatic N) is 1. The van der Waals surface area contributed by atoms with Crippen LogP contribution in [0.3, 0.4) is 0 Å². The highest BCUT2D eigenvalue weighted by Gasteiger charge is 2.20. The molecular weight excluding hydrogens is 282 g/mol. The molecule has 1 aromatic carbocycles. The van der Waals surface area contributed by atoms with E-state index in [9.17, 15) is 0 Å². The van der Waals surface area contributed by atoms with Crippen LogP contribution in [0.25, 0.3) is 0 Å². The predicted octanol–water partition coefficient (Wildman–Crippen LogP) is 5.12. The first-order valence-electron chi connectivity index (χ1n) is 9.30. The van der Waals surface area contributed by atoms with Gasteiger partial charge in [-0.3, -0.25) is 0 Å². The van der Waals surface area contributed by atoms with Gasteiger partial charge >= 0.3 is 0 Å². The second kappa shape index (κ2) is 8.19. The van der Waals surface area contributed by atoms with Crippen molar-refractivity contribution in [3.8, 4) is 5.75 Å². The van der Waals surface area contributed by atoms with E-state index in [1.807, 2.05) is 0 Å². The number of unbranched alkanes of at least 4 members (excludes halogenated alkanes) is 1. The Morgan fingerprint density at radius 1 is 1.00 bits per heavy atom. The van der Waals surface area contributed by atoms with Crippen LogP contribution in [0.1, 0.15) is 59.4 Å². The lowest BCUT2D eigenvalue weighted by Gasteiger charge is -2.34. The van der Waals surface area contributed by atoms with Gasteiger partial charge in [-0.15, -0.1) is 0 Å². The highest BCUT2D eigenvalue weighted by molar-refractivity contribution is 5.31. The molecule has 0 spiro atoms. The third kappa shape index (κ3) is 6.18. The second-order valence-corrected chi connectivity index (χ2v) is 8.54. The highest BCUT2D eigenvalue weighted by Crippen LogP contribution is 2.24. The van der Waals surface area contributed by atoms with Crippen LogP contribution in [-0.4, -0.2) is 31.1 Å². The molecule has 0 N–H and O–H groups in total. The minimum Gasteiger partial charge on any atom is -0.494 e. The molecule has 2 heteroatoms. The Labute approximate surface area is 143 Å². The zero-order valence-electron chi connectivity index (χ0n) is 15.8. The Bertz CT molecular complexity index is 450. The molecule has 0 saturated carbocycles. The summed E-state index contributed by atoms with van der Waals surface area (Å²) in [4.78, 5) is 2.64. The summed E-state index contributed by atoms with van der Waals surface area (Å²) < 4.78 is 5.89. The summed E-state index contributed by atoms with van der Waals surface area (Å²) >= 11 is 0. The topological polar surface area (TPSA) is 12.5 Å². The molecule has 1 fully saturated rings. The molecule has 2 rings (SSSR count). The lowest BCUT2D eigenvalue weighted by atomic mass is 9.87. The molecule has 2 nitrogen and oxygen atoms in total. The van der Waals surface area contributed by atoms with Crippen LogP contribution in [-0.2, 0) is 5.41 Å². The minimum atomic E-state index is 0.210. The zero-order chi connectivity index (χ0) is 16.9. The Hall–Kier alpha value is -1.02. The van der Waals surface area contributed by atoms with Crippen molar-refractivity contribution in [1.82, 2.24) is 4.90 Å². The first-order chi connectivity index (χ1) is 10.8. The molecule has 23 heavy (non-hydrogen) atoms. The minimum absolute atomic E-state index is 0.210. The molecular formula is C21H35NO. The molecule has 2 atom stereocenters. The van der Waals surface area contributed by atoms with Crippen molar-refractivity contribution < 1.29 is 4.74 Å². The van der Waals surface area contributed by atoms with Crippen molar-refractivity contribution in [3.05, 3.63) is 29.8 Å². The van der Waals surface area contributed by atoms with Crippen LogP contribution in [0.2, 0.25) is 0 Å². The third-order valence-corrected chi connectivity index (χ3v) is 4.80. The third-order valence-electron chi connectivity index (χ3n) is 4.80. The van der Waals surface area contributed by atoms with E-state index in [2.05, 4.69) is 63.8 Å². The van der Waals surface area contributed by atoms with Crippen LogP contribution in [0, 0.1) is 11.8 Å². The van der Waals surface area contributed by atoms with Gasteiger partial charge in [-0.1, -0.05) is 46.8 Å². The van der Waals surface area contributed by atoms with Gasteiger partial charge < -0.3 is 9.64 Å². The van der Waals surface area contributed by atoms with E-state index < -0.39 is 0 Å². The van der Waals surface area contributed by atoms with E-state index >= 15 is 0 Å². The molecule has 0 amide bonds. The number of piperidine rings is 1. The fourth-order valence-corrected chi connectivity index (χ4v) is 3.65. The maximum absolute atomic E-state index is 5.89. The lowest BCUT2D eigenvalue weighted by molar-refractivity contribution is 0.136. The van der Waals surface area contributed by atoms with Gasteiger partial charge in [0.05, 0.1) is 6.61 Å². The molecule has 1 saturated heterocycles. The average molecular weight is 318 g/mol. The van der Waals surface area contributed by atoms with Crippen molar-refractivity contribution in [1.29, 1.82) is 0 Å². The maximum Gasteiger partial charge on any atom is 0.119 e. The number of rotatable bonds is 6. The van der Waals surface area contributed by atoms with Crippen molar-refractivity contribution in [2.24, 2.45) is 11.8 Å². The number of benzene rings is 1. The number of hydrogen-bond donors (Lipinski definition) is 0. The Morgan fingerprint density at radius 2 is 1.61 bits per heavy atom. The number of likely N-dealkylation sites (tertiary alicyclic amines) is 1. The Balaban J connectivity index is 1.64. The number of hydrogen-bond acceptors (Lipinski definition) is 2. The zero-order valence-corrected chi connectivity index (χ0v) is 15.8. The quantitative estimate of drug-likeness (QED) is 0.675. The molecule has 1 aliphatic rings. The van der Waals surface area contributed by atoms with Crippen molar-refractivity contribution in [2.45, 2.75) is 59.3 Å². The predicted molar refractivity (Wildman–Crippen MR) is 99.3 cm³/mol. The maximum atomic E-state index is 5.89. The lowest BCUT2D eigenvalue weighted by Crippen LogP contribution is -2.39. The summed E-state index contributed by atoms with van der Waals surface area (Å²) in [5, 5.41) is 0. The standard InChI is InChI=1S/C21H35NO/c1-17-14-18(2)16-22(15-17)12-6-7-13-23-20-10-8-19(9-11-20)21(3,4)5/h8-11,17-18H,6-7,12-16H2,1-5H3/t17-,18-/m1/s1. The molecule has 0 bridgehead atoms. The van der Waals surface area contributed by atoms with E-state index in [1.165, 1.54) is 38.0 Å². The van der Waals surface area contributed by atoms with E-state index in [1.54, 1.807) is 0 Å². The van der Waals surface area contributed by atoms with Crippen LogP contribution in [0.5, 0.6) is 5.75 Å². The van der Waals surface area contributed by atoms with Gasteiger partial charge in [-0.05, 0) is 60.8 Å². The van der Waals surface area contributed by atoms with E-state index in [0.29, 0.717) is 0 Å². The largest absolute Gasteiger partial charge is 0.494 e. The summed E-state index contributed by atoms with van der Waals surface area (Å²) in [5.74, 6) is 2.71. The average Bonchev–Trinajstić information content (AvgIpc) is 2.45. The summed E-state index contributed by atoms with van der Waals surface area (Å²) in [6.07, 6.45) is 3.77. The van der Waals surface area contributed by atoms with Gasteiger partial charge in [0.25, 0.3) is 0 Å². The van der Waals surface area contributed by atoms with Crippen molar-refractivity contribution in [3.63, 3.8) is 0 Å². The van der Waals surface area contributed by atoms with Gasteiger partial charge in [0.2, 0.25) is 0 Å². The molecule has 1 aromatic rings. The van der Waals surface area contributed by atoms with Crippen molar-refractivity contribution in [2.75, 3.05) is 26.2 Å². The molecule has 0 radical (unpaired) electrons. The van der Waals surface area contributed by atoms with Crippen LogP contribution in [0.15, 0.2) is 24.3 Å². The highest BCUT2D eigenvalue weighted by atomic mass is 16.5. The smallest absolute Gasteiger partial charge is 0.119 e. The second-order valence-electron chi connectivity index (χ2n) is 8.54. The van der Waals surface area contributed by atoms with Gasteiger partial charge in [0, 0.05) is 13.1 Å². The summed E-state index contributed by atoms with van der Waals surface area (Å²) in [6, 6.07) is 8.58. The van der Waals surface area contributed by atoms with E-state index in [0.717, 1.165) is 30.6 Å². The summed E-state index contributed by atoms with van der Waals surface area (Å²) in [6.45, 7) is 16.1. The summed E-state index contributed by atoms with van der Waals surface area (Å²) in [7, 11) is 0. The molecule has 0 aromatic heterocycles. The molecule has 0 unspecified atom stereocenters. The van der Waals surface area contributed by atoms with Crippen LogP contribution >= 0.6 is 0 Å².